The highest BCUT2D eigenvalue weighted by Gasteiger charge is 2.43. The average Bonchev–Trinajstić information content (AvgIpc) is 2.81. The van der Waals surface area contributed by atoms with Crippen LogP contribution in [0.4, 0.5) is 0 Å². The van der Waals surface area contributed by atoms with Gasteiger partial charge in [-0.1, -0.05) is 18.5 Å². The summed E-state index contributed by atoms with van der Waals surface area (Å²) in [6, 6.07) is 2.25. The predicted molar refractivity (Wildman–Crippen MR) is 61.1 cm³/mol. The van der Waals surface area contributed by atoms with E-state index in [9.17, 15) is 0 Å². The lowest BCUT2D eigenvalue weighted by molar-refractivity contribution is 0.368. The third kappa shape index (κ3) is 1.95. The summed E-state index contributed by atoms with van der Waals surface area (Å²) in [5.74, 6) is 3.19. The minimum Gasteiger partial charge on any atom is -0.339 e. The minimum atomic E-state index is 0.107. The molecule has 90 valence electrons. The van der Waals surface area contributed by atoms with E-state index in [0.717, 1.165) is 18.2 Å². The van der Waals surface area contributed by atoms with Gasteiger partial charge in [-0.05, 0) is 31.6 Å². The molecule has 4 heteroatoms. The van der Waals surface area contributed by atoms with Crippen LogP contribution in [0.3, 0.4) is 0 Å². The summed E-state index contributed by atoms with van der Waals surface area (Å²) in [5.41, 5.74) is 0. The van der Waals surface area contributed by atoms with E-state index in [1.807, 2.05) is 0 Å². The maximum absolute atomic E-state index is 8.78. The second-order valence-electron chi connectivity index (χ2n) is 5.35. The Kier molecular flexibility index (Phi) is 2.62. The zero-order valence-corrected chi connectivity index (χ0v) is 10.1. The second kappa shape index (κ2) is 4.14. The molecule has 2 aliphatic carbocycles. The number of hydrogen-bond donors (Lipinski definition) is 0. The largest absolute Gasteiger partial charge is 0.339 e. The van der Waals surface area contributed by atoms with Crippen molar-refractivity contribution in [3.8, 4) is 6.07 Å². The first-order valence-corrected chi connectivity index (χ1v) is 6.55. The Labute approximate surface area is 101 Å². The molecule has 0 N–H and O–H groups in total. The van der Waals surface area contributed by atoms with Gasteiger partial charge in [-0.3, -0.25) is 0 Å². The maximum atomic E-state index is 8.78. The van der Waals surface area contributed by atoms with Crippen molar-refractivity contribution in [1.29, 1.82) is 5.26 Å². The van der Waals surface area contributed by atoms with Gasteiger partial charge in [0.2, 0.25) is 5.89 Å². The normalized spacial score (nSPS) is 35.8. The summed E-state index contributed by atoms with van der Waals surface area (Å²) in [4.78, 5) is 4.49. The molecule has 0 aromatic carbocycles. The Hall–Kier alpha value is -1.37. The van der Waals surface area contributed by atoms with Crippen LogP contribution in [-0.2, 0) is 0 Å². The molecule has 17 heavy (non-hydrogen) atoms. The Morgan fingerprint density at radius 1 is 1.41 bits per heavy atom. The molecule has 2 saturated carbocycles. The fraction of sp³-hybridized carbons (Fsp3) is 0.769. The third-order valence-electron chi connectivity index (χ3n) is 4.21. The molecule has 4 atom stereocenters. The van der Waals surface area contributed by atoms with Crippen LogP contribution in [0.2, 0.25) is 0 Å². The fourth-order valence-corrected chi connectivity index (χ4v) is 2.85. The standard InChI is InChI=1S/C13H17N3O/c1-2-8-3-4-9(5-8)12-15-13(17-16-12)11-6-10(11)7-14/h8-11H,2-6H2,1H3. The Bertz CT molecular complexity index is 448. The minimum absolute atomic E-state index is 0.107. The van der Waals surface area contributed by atoms with Crippen LogP contribution in [-0.4, -0.2) is 10.1 Å². The topological polar surface area (TPSA) is 62.7 Å². The van der Waals surface area contributed by atoms with Crippen molar-refractivity contribution in [3.05, 3.63) is 11.7 Å². The molecule has 0 saturated heterocycles. The summed E-state index contributed by atoms with van der Waals surface area (Å²) >= 11 is 0. The highest BCUT2D eigenvalue weighted by atomic mass is 16.5. The van der Waals surface area contributed by atoms with Gasteiger partial charge in [0, 0.05) is 5.92 Å². The lowest BCUT2D eigenvalue weighted by Gasteiger charge is -2.04. The van der Waals surface area contributed by atoms with E-state index >= 15 is 0 Å². The van der Waals surface area contributed by atoms with Crippen molar-refractivity contribution in [2.75, 3.05) is 0 Å². The molecule has 4 unspecified atom stereocenters. The predicted octanol–water partition coefficient (Wildman–Crippen LogP) is 2.99. The van der Waals surface area contributed by atoms with Gasteiger partial charge in [-0.15, -0.1) is 0 Å². The van der Waals surface area contributed by atoms with Gasteiger partial charge in [-0.2, -0.15) is 10.2 Å². The molecular formula is C13H17N3O. The molecule has 1 heterocycles. The molecule has 4 nitrogen and oxygen atoms in total. The molecule has 0 amide bonds. The van der Waals surface area contributed by atoms with Gasteiger partial charge < -0.3 is 4.52 Å². The van der Waals surface area contributed by atoms with E-state index in [4.69, 9.17) is 9.78 Å². The van der Waals surface area contributed by atoms with Crippen LogP contribution in [0.25, 0.3) is 0 Å². The van der Waals surface area contributed by atoms with E-state index in [2.05, 4.69) is 23.1 Å². The maximum Gasteiger partial charge on any atom is 0.231 e. The first-order chi connectivity index (χ1) is 8.31. The SMILES string of the molecule is CCC1CCC(c2noc(C3CC3C#N)n2)C1. The molecule has 0 aliphatic heterocycles. The van der Waals surface area contributed by atoms with E-state index in [-0.39, 0.29) is 11.8 Å². The number of aromatic nitrogens is 2. The van der Waals surface area contributed by atoms with Crippen molar-refractivity contribution in [1.82, 2.24) is 10.1 Å². The first-order valence-electron chi connectivity index (χ1n) is 6.55. The van der Waals surface area contributed by atoms with E-state index in [1.54, 1.807) is 0 Å². The molecule has 1 aromatic rings. The van der Waals surface area contributed by atoms with Crippen molar-refractivity contribution >= 4 is 0 Å². The van der Waals surface area contributed by atoms with Crippen LogP contribution in [0.1, 0.15) is 62.6 Å². The lowest BCUT2D eigenvalue weighted by Crippen LogP contribution is -1.97. The molecule has 3 rings (SSSR count). The molecular weight excluding hydrogens is 214 g/mol. The molecule has 0 radical (unpaired) electrons. The first kappa shape index (κ1) is 10.8. The third-order valence-corrected chi connectivity index (χ3v) is 4.21. The van der Waals surface area contributed by atoms with Crippen molar-refractivity contribution in [3.63, 3.8) is 0 Å². The lowest BCUT2D eigenvalue weighted by atomic mass is 10.0. The van der Waals surface area contributed by atoms with Crippen molar-refractivity contribution in [2.45, 2.75) is 50.9 Å². The van der Waals surface area contributed by atoms with E-state index in [1.165, 1.54) is 25.7 Å². The number of rotatable bonds is 3. The number of nitriles is 1. The fourth-order valence-electron chi connectivity index (χ4n) is 2.85. The molecule has 2 fully saturated rings. The van der Waals surface area contributed by atoms with E-state index in [0.29, 0.717) is 11.8 Å². The highest BCUT2D eigenvalue weighted by molar-refractivity contribution is 5.16. The zero-order chi connectivity index (χ0) is 11.8. The van der Waals surface area contributed by atoms with Crippen molar-refractivity contribution in [2.24, 2.45) is 11.8 Å². The van der Waals surface area contributed by atoms with Crippen LogP contribution in [0.5, 0.6) is 0 Å². The molecule has 0 bridgehead atoms. The highest BCUT2D eigenvalue weighted by Crippen LogP contribution is 2.47. The summed E-state index contributed by atoms with van der Waals surface area (Å²) in [7, 11) is 0. The van der Waals surface area contributed by atoms with Crippen LogP contribution in [0, 0.1) is 23.2 Å². The van der Waals surface area contributed by atoms with Gasteiger partial charge in [0.05, 0.1) is 17.9 Å². The zero-order valence-electron chi connectivity index (χ0n) is 10.1. The molecule has 2 aliphatic rings. The number of nitrogens with zero attached hydrogens (tertiary/aromatic N) is 3. The van der Waals surface area contributed by atoms with Crippen LogP contribution >= 0.6 is 0 Å². The summed E-state index contributed by atoms with van der Waals surface area (Å²) in [6.45, 7) is 2.25. The van der Waals surface area contributed by atoms with Gasteiger partial charge in [0.1, 0.15) is 0 Å². The summed E-state index contributed by atoms with van der Waals surface area (Å²) < 4.78 is 5.29. The molecule has 1 aromatic heterocycles. The summed E-state index contributed by atoms with van der Waals surface area (Å²) in [6.07, 6.45) is 5.81. The monoisotopic (exact) mass is 231 g/mol. The number of hydrogen-bond acceptors (Lipinski definition) is 4. The van der Waals surface area contributed by atoms with E-state index < -0.39 is 0 Å². The van der Waals surface area contributed by atoms with Crippen LogP contribution in [0.15, 0.2) is 4.52 Å². The average molecular weight is 231 g/mol. The second-order valence-corrected chi connectivity index (χ2v) is 5.35. The Morgan fingerprint density at radius 2 is 2.29 bits per heavy atom. The van der Waals surface area contributed by atoms with Crippen LogP contribution < -0.4 is 0 Å². The molecule has 0 spiro atoms. The van der Waals surface area contributed by atoms with Gasteiger partial charge >= 0.3 is 0 Å². The Balaban J connectivity index is 1.67. The van der Waals surface area contributed by atoms with Crippen molar-refractivity contribution < 1.29 is 4.52 Å². The van der Waals surface area contributed by atoms with Gasteiger partial charge in [0.25, 0.3) is 0 Å². The van der Waals surface area contributed by atoms with Gasteiger partial charge in [-0.25, -0.2) is 0 Å². The smallest absolute Gasteiger partial charge is 0.231 e. The quantitative estimate of drug-likeness (QED) is 0.802. The van der Waals surface area contributed by atoms with Gasteiger partial charge in [0.15, 0.2) is 5.82 Å². The summed E-state index contributed by atoms with van der Waals surface area (Å²) in [5, 5.41) is 12.9. The Morgan fingerprint density at radius 3 is 2.94 bits per heavy atom.